The Kier molecular flexibility index (Phi) is 6.15. The van der Waals surface area contributed by atoms with E-state index in [2.05, 4.69) is 16.9 Å². The average molecular weight is 391 g/mol. The van der Waals surface area contributed by atoms with Crippen LogP contribution in [0.15, 0.2) is 48.5 Å². The topological polar surface area (TPSA) is 96.1 Å². The van der Waals surface area contributed by atoms with Gasteiger partial charge in [-0.2, -0.15) is 5.26 Å². The van der Waals surface area contributed by atoms with Crippen molar-refractivity contribution in [1.29, 1.82) is 5.26 Å². The fourth-order valence-electron chi connectivity index (χ4n) is 2.75. The lowest BCUT2D eigenvalue weighted by Crippen LogP contribution is -2.09. The van der Waals surface area contributed by atoms with Crippen molar-refractivity contribution < 1.29 is 19.0 Å². The van der Waals surface area contributed by atoms with Gasteiger partial charge in [-0.1, -0.05) is 25.5 Å². The molecule has 29 heavy (non-hydrogen) atoms. The summed E-state index contributed by atoms with van der Waals surface area (Å²) in [5.41, 5.74) is 0.175. The molecule has 0 aliphatic heterocycles. The van der Waals surface area contributed by atoms with E-state index in [0.717, 1.165) is 12.8 Å². The number of aromatic carboxylic acids is 1. The van der Waals surface area contributed by atoms with E-state index < -0.39 is 11.8 Å². The van der Waals surface area contributed by atoms with Crippen LogP contribution in [0, 0.1) is 17.1 Å². The van der Waals surface area contributed by atoms with Crippen LogP contribution >= 0.6 is 0 Å². The van der Waals surface area contributed by atoms with Gasteiger partial charge in [-0.05, 0) is 42.8 Å². The van der Waals surface area contributed by atoms with E-state index in [1.54, 1.807) is 24.3 Å². The molecule has 0 amide bonds. The summed E-state index contributed by atoms with van der Waals surface area (Å²) in [6.45, 7) is 2.69. The summed E-state index contributed by atoms with van der Waals surface area (Å²) in [6, 6.07) is 14.2. The van der Waals surface area contributed by atoms with Gasteiger partial charge in [0.1, 0.15) is 23.2 Å². The smallest absolute Gasteiger partial charge is 0.340 e. The molecule has 0 fully saturated rings. The SMILES string of the molecule is CCCCOc1ccc(-c2nc(C#N)c(C(=O)O)c(-c3cccc(F)c3)n2)cc1. The first-order valence-corrected chi connectivity index (χ1v) is 9.08. The third-order valence-corrected chi connectivity index (χ3v) is 4.21. The Morgan fingerprint density at radius 3 is 2.55 bits per heavy atom. The van der Waals surface area contributed by atoms with Gasteiger partial charge < -0.3 is 9.84 Å². The number of ether oxygens (including phenoxy) is 1. The summed E-state index contributed by atoms with van der Waals surface area (Å²) in [7, 11) is 0. The number of nitriles is 1. The molecule has 3 rings (SSSR count). The highest BCUT2D eigenvalue weighted by Gasteiger charge is 2.22. The highest BCUT2D eigenvalue weighted by molar-refractivity contribution is 5.97. The predicted octanol–water partition coefficient (Wildman–Crippen LogP) is 4.70. The average Bonchev–Trinajstić information content (AvgIpc) is 2.73. The minimum atomic E-state index is -1.35. The molecule has 0 atom stereocenters. The number of hydrogen-bond acceptors (Lipinski definition) is 5. The van der Waals surface area contributed by atoms with Crippen LogP contribution in [0.4, 0.5) is 4.39 Å². The number of hydrogen-bond donors (Lipinski definition) is 1. The molecule has 3 aromatic rings. The molecule has 0 aliphatic carbocycles. The summed E-state index contributed by atoms with van der Waals surface area (Å²) in [5.74, 6) is -1.03. The van der Waals surface area contributed by atoms with Crippen molar-refractivity contribution in [2.24, 2.45) is 0 Å². The zero-order valence-electron chi connectivity index (χ0n) is 15.7. The predicted molar refractivity (Wildman–Crippen MR) is 105 cm³/mol. The first kappa shape index (κ1) is 20.0. The fraction of sp³-hybridized carbons (Fsp3) is 0.182. The van der Waals surface area contributed by atoms with Crippen LogP contribution in [-0.4, -0.2) is 27.7 Å². The summed E-state index contributed by atoms with van der Waals surface area (Å²) < 4.78 is 19.3. The van der Waals surface area contributed by atoms with Gasteiger partial charge in [-0.15, -0.1) is 0 Å². The number of unbranched alkanes of at least 4 members (excludes halogenated alkanes) is 1. The minimum absolute atomic E-state index is 0.0122. The second-order valence-corrected chi connectivity index (χ2v) is 6.27. The molecular formula is C22H18FN3O3. The van der Waals surface area contributed by atoms with Crippen LogP contribution in [0.3, 0.4) is 0 Å². The molecule has 0 radical (unpaired) electrons. The van der Waals surface area contributed by atoms with Crippen LogP contribution in [0.5, 0.6) is 5.75 Å². The Balaban J connectivity index is 2.08. The van der Waals surface area contributed by atoms with Gasteiger partial charge in [0.05, 0.1) is 12.3 Å². The molecule has 1 heterocycles. The lowest BCUT2D eigenvalue weighted by atomic mass is 10.0. The van der Waals surface area contributed by atoms with Crippen molar-refractivity contribution in [2.45, 2.75) is 19.8 Å². The third kappa shape index (κ3) is 4.55. The van der Waals surface area contributed by atoms with Crippen molar-refractivity contribution in [2.75, 3.05) is 6.61 Å². The molecule has 0 unspecified atom stereocenters. The lowest BCUT2D eigenvalue weighted by Gasteiger charge is -2.11. The lowest BCUT2D eigenvalue weighted by molar-refractivity contribution is 0.0696. The van der Waals surface area contributed by atoms with Crippen LogP contribution in [-0.2, 0) is 0 Å². The number of aromatic nitrogens is 2. The standard InChI is InChI=1S/C22H18FN3O3/c1-2-3-11-29-17-9-7-14(8-10-17)21-25-18(13-24)19(22(27)28)20(26-21)15-5-4-6-16(23)12-15/h4-10,12H,2-3,11H2,1H3,(H,27,28). The molecule has 1 N–H and O–H groups in total. The number of halogens is 1. The number of carboxylic acids is 1. The van der Waals surface area contributed by atoms with Crippen LogP contribution < -0.4 is 4.74 Å². The quantitative estimate of drug-likeness (QED) is 0.587. The molecule has 7 heteroatoms. The number of benzene rings is 2. The normalized spacial score (nSPS) is 10.4. The van der Waals surface area contributed by atoms with Gasteiger partial charge in [0.15, 0.2) is 11.5 Å². The zero-order valence-corrected chi connectivity index (χ0v) is 15.7. The Bertz CT molecular complexity index is 1080. The molecule has 6 nitrogen and oxygen atoms in total. The maximum Gasteiger partial charge on any atom is 0.340 e. The fourth-order valence-corrected chi connectivity index (χ4v) is 2.75. The summed E-state index contributed by atoms with van der Waals surface area (Å²) in [6.07, 6.45) is 1.98. The van der Waals surface area contributed by atoms with Crippen molar-refractivity contribution in [3.63, 3.8) is 0 Å². The number of carbonyl (C=O) groups is 1. The Labute approximate surface area is 167 Å². The number of rotatable bonds is 7. The third-order valence-electron chi connectivity index (χ3n) is 4.21. The van der Waals surface area contributed by atoms with Gasteiger partial charge >= 0.3 is 5.97 Å². The molecule has 146 valence electrons. The molecule has 0 saturated heterocycles. The van der Waals surface area contributed by atoms with E-state index in [0.29, 0.717) is 17.9 Å². The molecular weight excluding hydrogens is 373 g/mol. The second-order valence-electron chi connectivity index (χ2n) is 6.27. The maximum absolute atomic E-state index is 13.7. The van der Waals surface area contributed by atoms with Gasteiger partial charge in [-0.3, -0.25) is 0 Å². The van der Waals surface area contributed by atoms with Crippen molar-refractivity contribution in [1.82, 2.24) is 9.97 Å². The van der Waals surface area contributed by atoms with Crippen LogP contribution in [0.25, 0.3) is 22.6 Å². The Hall–Kier alpha value is -3.79. The Morgan fingerprint density at radius 2 is 1.93 bits per heavy atom. The van der Waals surface area contributed by atoms with E-state index in [4.69, 9.17) is 4.74 Å². The first-order chi connectivity index (χ1) is 14.0. The molecule has 0 spiro atoms. The number of nitrogens with zero attached hydrogens (tertiary/aromatic N) is 3. The zero-order chi connectivity index (χ0) is 20.8. The van der Waals surface area contributed by atoms with Crippen molar-refractivity contribution >= 4 is 5.97 Å². The summed E-state index contributed by atoms with van der Waals surface area (Å²) in [4.78, 5) is 20.2. The summed E-state index contributed by atoms with van der Waals surface area (Å²) in [5, 5.41) is 19.0. The second kappa shape index (κ2) is 8.93. The van der Waals surface area contributed by atoms with Gasteiger partial charge in [0, 0.05) is 11.1 Å². The van der Waals surface area contributed by atoms with Crippen LogP contribution in [0.1, 0.15) is 35.8 Å². The maximum atomic E-state index is 13.7. The van der Waals surface area contributed by atoms with E-state index in [-0.39, 0.29) is 28.3 Å². The van der Waals surface area contributed by atoms with Crippen LogP contribution in [0.2, 0.25) is 0 Å². The highest BCUT2D eigenvalue weighted by Crippen LogP contribution is 2.28. The largest absolute Gasteiger partial charge is 0.494 e. The van der Waals surface area contributed by atoms with E-state index in [9.17, 15) is 19.6 Å². The molecule has 0 aliphatic rings. The van der Waals surface area contributed by atoms with E-state index in [1.807, 2.05) is 6.07 Å². The van der Waals surface area contributed by atoms with Gasteiger partial charge in [-0.25, -0.2) is 19.2 Å². The minimum Gasteiger partial charge on any atom is -0.494 e. The molecule has 1 aromatic heterocycles. The Morgan fingerprint density at radius 1 is 1.17 bits per heavy atom. The molecule has 2 aromatic carbocycles. The monoisotopic (exact) mass is 391 g/mol. The number of carboxylic acid groups (broad SMARTS) is 1. The molecule has 0 saturated carbocycles. The van der Waals surface area contributed by atoms with E-state index in [1.165, 1.54) is 24.3 Å². The molecule has 0 bridgehead atoms. The van der Waals surface area contributed by atoms with Gasteiger partial charge in [0.2, 0.25) is 0 Å². The van der Waals surface area contributed by atoms with Crippen molar-refractivity contribution in [3.05, 3.63) is 65.6 Å². The highest BCUT2D eigenvalue weighted by atomic mass is 19.1. The van der Waals surface area contributed by atoms with Crippen molar-refractivity contribution in [3.8, 4) is 34.5 Å². The van der Waals surface area contributed by atoms with Gasteiger partial charge in [0.25, 0.3) is 0 Å². The summed E-state index contributed by atoms with van der Waals surface area (Å²) >= 11 is 0. The van der Waals surface area contributed by atoms with E-state index >= 15 is 0 Å². The first-order valence-electron chi connectivity index (χ1n) is 9.08.